The number of aryl methyl sites for hydroxylation is 1. The molecule has 3 N–H and O–H groups in total. The normalized spacial score (nSPS) is 10.0. The summed E-state index contributed by atoms with van der Waals surface area (Å²) in [5.41, 5.74) is 7.47. The first kappa shape index (κ1) is 9.86. The molecular formula is C10H15NO2. The van der Waals surface area contributed by atoms with Gasteiger partial charge in [-0.3, -0.25) is 0 Å². The van der Waals surface area contributed by atoms with E-state index in [0.29, 0.717) is 5.69 Å². The second-order valence-electron chi connectivity index (χ2n) is 2.94. The Kier molecular flexibility index (Phi) is 3.58. The van der Waals surface area contributed by atoms with Gasteiger partial charge in [-0.05, 0) is 30.5 Å². The number of aliphatic hydroxyl groups excluding tert-OH is 1. The average Bonchev–Trinajstić information content (AvgIpc) is 2.14. The molecule has 1 aromatic rings. The minimum atomic E-state index is 0.205. The molecule has 0 saturated carbocycles. The molecule has 0 aliphatic rings. The summed E-state index contributed by atoms with van der Waals surface area (Å²) in [6, 6.07) is 5.62. The lowest BCUT2D eigenvalue weighted by Crippen LogP contribution is -1.94. The summed E-state index contributed by atoms with van der Waals surface area (Å²) in [5, 5.41) is 8.66. The largest absolute Gasteiger partial charge is 0.497 e. The highest BCUT2D eigenvalue weighted by atomic mass is 16.5. The van der Waals surface area contributed by atoms with E-state index in [9.17, 15) is 0 Å². The standard InChI is InChI=1S/C10H15NO2/c1-13-10-6-8(3-2-4-12)5-9(11)7-10/h5-7,12H,2-4,11H2,1H3. The van der Waals surface area contributed by atoms with Gasteiger partial charge in [0.25, 0.3) is 0 Å². The smallest absolute Gasteiger partial charge is 0.121 e. The summed E-state index contributed by atoms with van der Waals surface area (Å²) in [7, 11) is 1.62. The van der Waals surface area contributed by atoms with Crippen LogP contribution in [-0.2, 0) is 6.42 Å². The zero-order valence-electron chi connectivity index (χ0n) is 7.79. The van der Waals surface area contributed by atoms with Gasteiger partial charge in [0.2, 0.25) is 0 Å². The highest BCUT2D eigenvalue weighted by Crippen LogP contribution is 2.19. The second kappa shape index (κ2) is 4.72. The van der Waals surface area contributed by atoms with Crippen LogP contribution in [0.2, 0.25) is 0 Å². The third kappa shape index (κ3) is 2.95. The molecule has 0 fully saturated rings. The van der Waals surface area contributed by atoms with Crippen molar-refractivity contribution in [2.45, 2.75) is 12.8 Å². The van der Waals surface area contributed by atoms with Gasteiger partial charge in [0.05, 0.1) is 7.11 Å². The summed E-state index contributed by atoms with van der Waals surface area (Å²) < 4.78 is 5.07. The van der Waals surface area contributed by atoms with Gasteiger partial charge < -0.3 is 15.6 Å². The number of methoxy groups -OCH3 is 1. The van der Waals surface area contributed by atoms with Crippen LogP contribution in [0.1, 0.15) is 12.0 Å². The SMILES string of the molecule is COc1cc(N)cc(CCCO)c1. The first-order chi connectivity index (χ1) is 6.26. The molecule has 0 aromatic heterocycles. The van der Waals surface area contributed by atoms with Gasteiger partial charge in [0.15, 0.2) is 0 Å². The molecule has 0 amide bonds. The van der Waals surface area contributed by atoms with E-state index in [4.69, 9.17) is 15.6 Å². The van der Waals surface area contributed by atoms with Crippen molar-refractivity contribution in [2.75, 3.05) is 19.5 Å². The van der Waals surface area contributed by atoms with Gasteiger partial charge >= 0.3 is 0 Å². The van der Waals surface area contributed by atoms with Gasteiger partial charge in [-0.2, -0.15) is 0 Å². The van der Waals surface area contributed by atoms with Gasteiger partial charge in [-0.15, -0.1) is 0 Å². The van der Waals surface area contributed by atoms with Crippen molar-refractivity contribution >= 4 is 5.69 Å². The van der Waals surface area contributed by atoms with Gasteiger partial charge in [-0.1, -0.05) is 0 Å². The Labute approximate surface area is 78.1 Å². The maximum Gasteiger partial charge on any atom is 0.121 e. The average molecular weight is 181 g/mol. The molecule has 3 nitrogen and oxygen atoms in total. The van der Waals surface area contributed by atoms with Crippen LogP contribution in [0.4, 0.5) is 5.69 Å². The maximum absolute atomic E-state index is 8.66. The molecule has 3 heteroatoms. The summed E-state index contributed by atoms with van der Waals surface area (Å²) in [5.74, 6) is 0.771. The van der Waals surface area contributed by atoms with Crippen LogP contribution >= 0.6 is 0 Å². The van der Waals surface area contributed by atoms with E-state index in [1.165, 1.54) is 0 Å². The summed E-state index contributed by atoms with van der Waals surface area (Å²) in [6.45, 7) is 0.205. The predicted octanol–water partition coefficient (Wildman–Crippen LogP) is 1.20. The number of nitrogen functional groups attached to an aromatic ring is 1. The quantitative estimate of drug-likeness (QED) is 0.686. The fourth-order valence-corrected chi connectivity index (χ4v) is 1.23. The predicted molar refractivity (Wildman–Crippen MR) is 52.8 cm³/mol. The van der Waals surface area contributed by atoms with Crippen molar-refractivity contribution in [1.29, 1.82) is 0 Å². The molecule has 72 valence electrons. The first-order valence-electron chi connectivity index (χ1n) is 4.30. The fourth-order valence-electron chi connectivity index (χ4n) is 1.23. The summed E-state index contributed by atoms with van der Waals surface area (Å²) in [4.78, 5) is 0. The van der Waals surface area contributed by atoms with Crippen molar-refractivity contribution < 1.29 is 9.84 Å². The molecule has 0 heterocycles. The van der Waals surface area contributed by atoms with Crippen molar-refractivity contribution in [3.05, 3.63) is 23.8 Å². The van der Waals surface area contributed by atoms with Crippen LogP contribution in [0.15, 0.2) is 18.2 Å². The Morgan fingerprint density at radius 1 is 1.38 bits per heavy atom. The lowest BCUT2D eigenvalue weighted by atomic mass is 10.1. The van der Waals surface area contributed by atoms with Crippen LogP contribution in [0.25, 0.3) is 0 Å². The number of rotatable bonds is 4. The number of anilines is 1. The van der Waals surface area contributed by atoms with Gasteiger partial charge in [0.1, 0.15) is 5.75 Å². The molecular weight excluding hydrogens is 166 g/mol. The second-order valence-corrected chi connectivity index (χ2v) is 2.94. The molecule has 0 spiro atoms. The minimum Gasteiger partial charge on any atom is -0.497 e. The Bertz CT molecular complexity index is 274. The first-order valence-corrected chi connectivity index (χ1v) is 4.30. The van der Waals surface area contributed by atoms with Gasteiger partial charge in [-0.25, -0.2) is 0 Å². The van der Waals surface area contributed by atoms with E-state index in [-0.39, 0.29) is 6.61 Å². The highest BCUT2D eigenvalue weighted by molar-refractivity contribution is 5.47. The van der Waals surface area contributed by atoms with Crippen LogP contribution < -0.4 is 10.5 Å². The number of nitrogens with two attached hydrogens (primary N) is 1. The van der Waals surface area contributed by atoms with E-state index in [1.54, 1.807) is 13.2 Å². The van der Waals surface area contributed by atoms with Crippen LogP contribution in [-0.4, -0.2) is 18.8 Å². The zero-order chi connectivity index (χ0) is 9.68. The van der Waals surface area contributed by atoms with Crippen molar-refractivity contribution in [1.82, 2.24) is 0 Å². The molecule has 0 atom stereocenters. The molecule has 0 bridgehead atoms. The molecule has 0 saturated heterocycles. The molecule has 0 unspecified atom stereocenters. The number of ether oxygens (including phenoxy) is 1. The third-order valence-corrected chi connectivity index (χ3v) is 1.85. The Balaban J connectivity index is 2.76. The summed E-state index contributed by atoms with van der Waals surface area (Å²) >= 11 is 0. The van der Waals surface area contributed by atoms with E-state index >= 15 is 0 Å². The topological polar surface area (TPSA) is 55.5 Å². The number of hydrogen-bond donors (Lipinski definition) is 2. The molecule has 0 radical (unpaired) electrons. The van der Waals surface area contributed by atoms with E-state index in [2.05, 4.69) is 0 Å². The maximum atomic E-state index is 8.66. The summed E-state index contributed by atoms with van der Waals surface area (Å²) in [6.07, 6.45) is 1.59. The molecule has 1 rings (SSSR count). The third-order valence-electron chi connectivity index (χ3n) is 1.85. The fraction of sp³-hybridized carbons (Fsp3) is 0.400. The zero-order valence-corrected chi connectivity index (χ0v) is 7.79. The molecule has 1 aromatic carbocycles. The lowest BCUT2D eigenvalue weighted by Gasteiger charge is -2.05. The Morgan fingerprint density at radius 3 is 2.77 bits per heavy atom. The minimum absolute atomic E-state index is 0.205. The van der Waals surface area contributed by atoms with E-state index in [0.717, 1.165) is 24.2 Å². The highest BCUT2D eigenvalue weighted by Gasteiger charge is 1.98. The molecule has 0 aliphatic heterocycles. The number of aliphatic hydroxyl groups is 1. The van der Waals surface area contributed by atoms with Crippen molar-refractivity contribution in [3.63, 3.8) is 0 Å². The van der Waals surface area contributed by atoms with Gasteiger partial charge in [0, 0.05) is 18.4 Å². The molecule has 13 heavy (non-hydrogen) atoms. The van der Waals surface area contributed by atoms with E-state index in [1.807, 2.05) is 12.1 Å². The lowest BCUT2D eigenvalue weighted by molar-refractivity contribution is 0.288. The van der Waals surface area contributed by atoms with Crippen molar-refractivity contribution in [3.8, 4) is 5.75 Å². The number of benzene rings is 1. The van der Waals surface area contributed by atoms with Crippen LogP contribution in [0.3, 0.4) is 0 Å². The molecule has 0 aliphatic carbocycles. The van der Waals surface area contributed by atoms with Crippen LogP contribution in [0.5, 0.6) is 5.75 Å². The van der Waals surface area contributed by atoms with Crippen molar-refractivity contribution in [2.24, 2.45) is 0 Å². The Morgan fingerprint density at radius 2 is 2.15 bits per heavy atom. The number of hydrogen-bond acceptors (Lipinski definition) is 3. The Hall–Kier alpha value is -1.22. The van der Waals surface area contributed by atoms with Crippen LogP contribution in [0, 0.1) is 0 Å². The monoisotopic (exact) mass is 181 g/mol. The van der Waals surface area contributed by atoms with E-state index < -0.39 is 0 Å².